The fraction of sp³-hybridized carbons (Fsp3) is 0.667. The molecule has 0 aromatic heterocycles. The number of hydrogen-bond donors (Lipinski definition) is 0. The number of aldehydes is 1. The van der Waals surface area contributed by atoms with Crippen LogP contribution in [0, 0.1) is 0 Å². The molecule has 0 spiro atoms. The van der Waals surface area contributed by atoms with Gasteiger partial charge in [0, 0.05) is 6.42 Å². The van der Waals surface area contributed by atoms with Gasteiger partial charge in [-0.25, -0.2) is 0 Å². The van der Waals surface area contributed by atoms with Gasteiger partial charge in [-0.2, -0.15) is 0 Å². The molecule has 0 saturated carbocycles. The van der Waals surface area contributed by atoms with Crippen LogP contribution in [-0.4, -0.2) is 16.9 Å². The Hall–Kier alpha value is -0.0800. The maximum absolute atomic E-state index is 9.78. The lowest BCUT2D eigenvalue weighted by Crippen LogP contribution is -1.99. The second-order valence-electron chi connectivity index (χ2n) is 1.50. The summed E-state index contributed by atoms with van der Waals surface area (Å²) in [6.07, 6.45) is 1.51. The van der Waals surface area contributed by atoms with Crippen LogP contribution in [0.3, 0.4) is 0 Å². The first-order valence-corrected chi connectivity index (χ1v) is 3.64. The van der Waals surface area contributed by atoms with E-state index in [1.807, 2.05) is 6.92 Å². The Bertz CT molecular complexity index is 102. The van der Waals surface area contributed by atoms with Crippen LogP contribution in [0.4, 0.5) is 0 Å². The molecule has 0 amide bonds. The van der Waals surface area contributed by atoms with Gasteiger partial charge in [0.25, 0.3) is 0 Å². The summed E-state index contributed by atoms with van der Waals surface area (Å²) < 4.78 is 0. The fourth-order valence-corrected chi connectivity index (χ4v) is 0. The average molecular weight is 185 g/mol. The standard InChI is InChI=1S/C3H4Cl2O.C3H6O/c1-2(4)3(5)6;1-2-3-4/h2H,1H3;3H,2H2,1H3. The van der Waals surface area contributed by atoms with Crippen LogP contribution in [0.15, 0.2) is 0 Å². The van der Waals surface area contributed by atoms with Crippen molar-refractivity contribution in [3.63, 3.8) is 0 Å². The van der Waals surface area contributed by atoms with Crippen molar-refractivity contribution in [2.45, 2.75) is 25.6 Å². The van der Waals surface area contributed by atoms with Gasteiger partial charge in [-0.05, 0) is 18.5 Å². The number of hydrogen-bond acceptors (Lipinski definition) is 2. The Labute approximate surface area is 70.5 Å². The molecule has 10 heavy (non-hydrogen) atoms. The maximum Gasteiger partial charge on any atom is 0.239 e. The van der Waals surface area contributed by atoms with Crippen LogP contribution in [0.25, 0.3) is 0 Å². The van der Waals surface area contributed by atoms with Gasteiger partial charge < -0.3 is 4.79 Å². The average Bonchev–Trinajstić information content (AvgIpc) is 1.89. The number of carbonyl (C=O) groups is 2. The van der Waals surface area contributed by atoms with Crippen molar-refractivity contribution in [1.82, 2.24) is 0 Å². The normalized spacial score (nSPS) is 10.8. The number of alkyl halides is 1. The molecule has 2 nitrogen and oxygen atoms in total. The third-order valence-electron chi connectivity index (χ3n) is 0.479. The zero-order valence-electron chi connectivity index (χ0n) is 5.93. The molecule has 0 aliphatic rings. The number of rotatable bonds is 2. The fourth-order valence-electron chi connectivity index (χ4n) is 0. The van der Waals surface area contributed by atoms with E-state index >= 15 is 0 Å². The van der Waals surface area contributed by atoms with Gasteiger partial charge in [0.2, 0.25) is 5.24 Å². The van der Waals surface area contributed by atoms with Crippen molar-refractivity contribution in [1.29, 1.82) is 0 Å². The summed E-state index contributed by atoms with van der Waals surface area (Å²) in [5.74, 6) is 0. The van der Waals surface area contributed by atoms with E-state index in [9.17, 15) is 9.59 Å². The van der Waals surface area contributed by atoms with E-state index in [0.29, 0.717) is 6.42 Å². The predicted molar refractivity (Wildman–Crippen MR) is 42.5 cm³/mol. The molecule has 0 aromatic rings. The number of halogens is 2. The van der Waals surface area contributed by atoms with E-state index in [-0.39, 0.29) is 0 Å². The molecule has 0 fully saturated rings. The van der Waals surface area contributed by atoms with Crippen molar-refractivity contribution >= 4 is 34.7 Å². The van der Waals surface area contributed by atoms with Gasteiger partial charge in [0.1, 0.15) is 11.7 Å². The minimum atomic E-state index is -0.549. The smallest absolute Gasteiger partial charge is 0.239 e. The lowest BCUT2D eigenvalue weighted by atomic mass is 10.5. The van der Waals surface area contributed by atoms with Crippen LogP contribution in [-0.2, 0) is 9.59 Å². The highest BCUT2D eigenvalue weighted by atomic mass is 35.5. The molecule has 0 saturated heterocycles. The molecule has 0 rings (SSSR count). The molecule has 1 atom stereocenters. The molecule has 0 radical (unpaired) electrons. The van der Waals surface area contributed by atoms with Gasteiger partial charge in [-0.15, -0.1) is 11.6 Å². The van der Waals surface area contributed by atoms with Crippen LogP contribution >= 0.6 is 23.2 Å². The molecule has 1 unspecified atom stereocenters. The van der Waals surface area contributed by atoms with E-state index in [4.69, 9.17) is 23.2 Å². The quantitative estimate of drug-likeness (QED) is 0.374. The van der Waals surface area contributed by atoms with Gasteiger partial charge in [0.15, 0.2) is 0 Å². The first-order chi connectivity index (χ1) is 4.56. The summed E-state index contributed by atoms with van der Waals surface area (Å²) in [7, 11) is 0. The largest absolute Gasteiger partial charge is 0.303 e. The highest BCUT2D eigenvalue weighted by molar-refractivity contribution is 6.69. The van der Waals surface area contributed by atoms with Gasteiger partial charge >= 0.3 is 0 Å². The topological polar surface area (TPSA) is 34.1 Å². The first kappa shape index (κ1) is 12.6. The van der Waals surface area contributed by atoms with Crippen LogP contribution in [0.1, 0.15) is 20.3 Å². The van der Waals surface area contributed by atoms with Crippen molar-refractivity contribution < 1.29 is 9.59 Å². The molecule has 0 aliphatic carbocycles. The van der Waals surface area contributed by atoms with E-state index in [1.165, 1.54) is 6.92 Å². The molecule has 4 heteroatoms. The van der Waals surface area contributed by atoms with Crippen molar-refractivity contribution in [3.05, 3.63) is 0 Å². The summed E-state index contributed by atoms with van der Waals surface area (Å²) in [5, 5.41) is -1.05. The Morgan fingerprint density at radius 2 is 1.90 bits per heavy atom. The summed E-state index contributed by atoms with van der Waals surface area (Å²) in [6, 6.07) is 0. The summed E-state index contributed by atoms with van der Waals surface area (Å²) in [5.41, 5.74) is 0. The number of carbonyl (C=O) groups excluding carboxylic acids is 2. The molecule has 0 aromatic carbocycles. The third kappa shape index (κ3) is 15.7. The predicted octanol–water partition coefficient (Wildman–Crippen LogP) is 1.97. The second kappa shape index (κ2) is 8.92. The summed E-state index contributed by atoms with van der Waals surface area (Å²) in [4.78, 5) is 19.0. The molecule has 0 bridgehead atoms. The molecular formula is C6H10Cl2O2. The van der Waals surface area contributed by atoms with Gasteiger partial charge in [-0.1, -0.05) is 6.92 Å². The highest BCUT2D eigenvalue weighted by Crippen LogP contribution is 1.96. The maximum atomic E-state index is 9.78. The minimum Gasteiger partial charge on any atom is -0.303 e. The lowest BCUT2D eigenvalue weighted by molar-refractivity contribution is -0.111. The van der Waals surface area contributed by atoms with Gasteiger partial charge in [-0.3, -0.25) is 4.79 Å². The van der Waals surface area contributed by atoms with E-state index in [2.05, 4.69) is 0 Å². The van der Waals surface area contributed by atoms with E-state index < -0.39 is 10.6 Å². The Kier molecular flexibility index (Phi) is 11.2. The Morgan fingerprint density at radius 1 is 1.70 bits per heavy atom. The van der Waals surface area contributed by atoms with E-state index in [1.54, 1.807) is 0 Å². The first-order valence-electron chi connectivity index (χ1n) is 2.83. The molecule has 60 valence electrons. The minimum absolute atomic E-state index is 0.503. The molecular weight excluding hydrogens is 175 g/mol. The summed E-state index contributed by atoms with van der Waals surface area (Å²) >= 11 is 9.97. The van der Waals surface area contributed by atoms with Crippen LogP contribution < -0.4 is 0 Å². The molecule has 0 aliphatic heterocycles. The zero-order valence-corrected chi connectivity index (χ0v) is 7.45. The van der Waals surface area contributed by atoms with Crippen molar-refractivity contribution in [3.8, 4) is 0 Å². The van der Waals surface area contributed by atoms with Crippen LogP contribution in [0.5, 0.6) is 0 Å². The lowest BCUT2D eigenvalue weighted by Gasteiger charge is -1.85. The van der Waals surface area contributed by atoms with Crippen molar-refractivity contribution in [2.75, 3.05) is 0 Å². The molecule has 0 heterocycles. The third-order valence-corrected chi connectivity index (χ3v) is 1.12. The van der Waals surface area contributed by atoms with Gasteiger partial charge in [0.05, 0.1) is 0 Å². The zero-order chi connectivity index (χ0) is 8.57. The summed E-state index contributed by atoms with van der Waals surface area (Å²) in [6.45, 7) is 3.34. The second-order valence-corrected chi connectivity index (χ2v) is 2.52. The van der Waals surface area contributed by atoms with Crippen LogP contribution in [0.2, 0.25) is 0 Å². The Morgan fingerprint density at radius 3 is 1.90 bits per heavy atom. The monoisotopic (exact) mass is 184 g/mol. The van der Waals surface area contributed by atoms with Crippen molar-refractivity contribution in [2.24, 2.45) is 0 Å². The SMILES string of the molecule is CC(Cl)C(=O)Cl.CCC=O. The highest BCUT2D eigenvalue weighted by Gasteiger charge is 2.01. The molecule has 0 N–H and O–H groups in total. The van der Waals surface area contributed by atoms with E-state index in [0.717, 1.165) is 6.29 Å². The Balaban J connectivity index is 0.